The van der Waals surface area contributed by atoms with Crippen LogP contribution in [0.4, 0.5) is 0 Å². The van der Waals surface area contributed by atoms with Crippen molar-refractivity contribution in [1.82, 2.24) is 9.97 Å². The second kappa shape index (κ2) is 6.25. The van der Waals surface area contributed by atoms with Gasteiger partial charge in [0.2, 0.25) is 0 Å². The average molecular weight is 315 g/mol. The van der Waals surface area contributed by atoms with Gasteiger partial charge < -0.3 is 0 Å². The minimum absolute atomic E-state index is 0.0939. The van der Waals surface area contributed by atoms with Gasteiger partial charge in [0, 0.05) is 6.07 Å². The van der Waals surface area contributed by atoms with Crippen molar-refractivity contribution < 1.29 is 0 Å². The molecule has 0 unspecified atom stereocenters. The number of benzene rings is 2. The molecule has 0 bridgehead atoms. The van der Waals surface area contributed by atoms with Gasteiger partial charge in [-0.15, -0.1) is 0 Å². The summed E-state index contributed by atoms with van der Waals surface area (Å²) in [5, 5.41) is 0.698. The van der Waals surface area contributed by atoms with Crippen LogP contribution < -0.4 is 0 Å². The van der Waals surface area contributed by atoms with E-state index in [2.05, 4.69) is 34.2 Å². The molecule has 0 amide bonds. The Morgan fingerprint density at radius 1 is 0.667 bits per heavy atom. The Hall–Kier alpha value is -1.90. The van der Waals surface area contributed by atoms with E-state index in [0.29, 0.717) is 16.1 Å². The lowest BCUT2D eigenvalue weighted by molar-refractivity contribution is 0.855. The molecule has 0 atom stereocenters. The van der Waals surface area contributed by atoms with Crippen molar-refractivity contribution in [2.45, 2.75) is 5.92 Å². The Kier molecular flexibility index (Phi) is 4.18. The van der Waals surface area contributed by atoms with Crippen molar-refractivity contribution in [1.29, 1.82) is 0 Å². The maximum absolute atomic E-state index is 6.03. The third-order valence-corrected chi connectivity index (χ3v) is 3.59. The van der Waals surface area contributed by atoms with Gasteiger partial charge >= 0.3 is 0 Å². The van der Waals surface area contributed by atoms with Crippen LogP contribution in [-0.2, 0) is 0 Å². The Bertz CT molecular complexity index is 671. The molecule has 1 heterocycles. The van der Waals surface area contributed by atoms with E-state index in [9.17, 15) is 0 Å². The maximum atomic E-state index is 6.03. The molecule has 0 saturated carbocycles. The highest BCUT2D eigenvalue weighted by molar-refractivity contribution is 6.33. The molecule has 104 valence electrons. The van der Waals surface area contributed by atoms with Crippen LogP contribution in [-0.4, -0.2) is 9.97 Å². The number of aromatic nitrogens is 2. The van der Waals surface area contributed by atoms with Crippen LogP contribution in [0, 0.1) is 0 Å². The topological polar surface area (TPSA) is 25.8 Å². The summed E-state index contributed by atoms with van der Waals surface area (Å²) < 4.78 is 0. The highest BCUT2D eigenvalue weighted by atomic mass is 35.5. The summed E-state index contributed by atoms with van der Waals surface area (Å²) in [4.78, 5) is 8.71. The molecule has 1 aromatic heterocycles. The van der Waals surface area contributed by atoms with Crippen molar-refractivity contribution in [3.63, 3.8) is 0 Å². The molecule has 3 aromatic rings. The van der Waals surface area contributed by atoms with Gasteiger partial charge in [0.25, 0.3) is 0 Å². The minimum Gasteiger partial charge on any atom is -0.220 e. The molecule has 0 spiro atoms. The van der Waals surface area contributed by atoms with Crippen molar-refractivity contribution in [2.75, 3.05) is 0 Å². The molecule has 4 heteroatoms. The van der Waals surface area contributed by atoms with E-state index in [1.54, 1.807) is 6.07 Å². The highest BCUT2D eigenvalue weighted by Gasteiger charge is 2.20. The van der Waals surface area contributed by atoms with E-state index < -0.39 is 0 Å². The molecule has 0 aliphatic carbocycles. The first-order valence-electron chi connectivity index (χ1n) is 6.54. The van der Waals surface area contributed by atoms with E-state index in [4.69, 9.17) is 23.2 Å². The first-order chi connectivity index (χ1) is 10.2. The summed E-state index contributed by atoms with van der Waals surface area (Å²) in [6.07, 6.45) is 0. The first-order valence-corrected chi connectivity index (χ1v) is 7.29. The van der Waals surface area contributed by atoms with Crippen LogP contribution in [0.1, 0.15) is 22.9 Å². The lowest BCUT2D eigenvalue weighted by Crippen LogP contribution is -2.08. The molecular weight excluding hydrogens is 303 g/mol. The Morgan fingerprint density at radius 3 is 1.52 bits per heavy atom. The molecule has 0 saturated heterocycles. The number of nitrogens with zero attached hydrogens (tertiary/aromatic N) is 2. The van der Waals surface area contributed by atoms with Crippen molar-refractivity contribution >= 4 is 23.2 Å². The van der Waals surface area contributed by atoms with Gasteiger partial charge in [0.1, 0.15) is 16.1 Å². The Morgan fingerprint density at radius 2 is 1.10 bits per heavy atom. The number of hydrogen-bond donors (Lipinski definition) is 0. The summed E-state index contributed by atoms with van der Waals surface area (Å²) in [5.41, 5.74) is 2.20. The maximum Gasteiger partial charge on any atom is 0.143 e. The summed E-state index contributed by atoms with van der Waals surface area (Å²) >= 11 is 12.1. The third-order valence-electron chi connectivity index (χ3n) is 3.20. The molecule has 2 nitrogen and oxygen atoms in total. The van der Waals surface area contributed by atoms with Crippen LogP contribution in [0.15, 0.2) is 66.7 Å². The molecule has 0 radical (unpaired) electrons. The fourth-order valence-electron chi connectivity index (χ4n) is 2.32. The molecule has 0 aliphatic rings. The quantitative estimate of drug-likeness (QED) is 0.638. The largest absolute Gasteiger partial charge is 0.220 e. The van der Waals surface area contributed by atoms with Crippen LogP contribution in [0.2, 0.25) is 10.3 Å². The molecule has 21 heavy (non-hydrogen) atoms. The Labute approximate surface area is 133 Å². The van der Waals surface area contributed by atoms with Crippen molar-refractivity contribution in [3.05, 3.63) is 94.0 Å². The summed E-state index contributed by atoms with van der Waals surface area (Å²) in [5.74, 6) is 0.508. The SMILES string of the molecule is Clc1cc(Cl)nc(C(c2ccccc2)c2ccccc2)n1. The molecule has 0 N–H and O–H groups in total. The van der Waals surface area contributed by atoms with Crippen molar-refractivity contribution in [3.8, 4) is 0 Å². The standard InChI is InChI=1S/C17H12Cl2N2/c18-14-11-15(19)21-17(20-14)16(12-7-3-1-4-8-12)13-9-5-2-6-10-13/h1-11,16H. The number of halogens is 2. The van der Waals surface area contributed by atoms with E-state index in [1.807, 2.05) is 36.4 Å². The molecule has 0 fully saturated rings. The van der Waals surface area contributed by atoms with Gasteiger partial charge in [0.15, 0.2) is 0 Å². The smallest absolute Gasteiger partial charge is 0.143 e. The lowest BCUT2D eigenvalue weighted by atomic mass is 9.90. The molecule has 0 aliphatic heterocycles. The summed E-state index contributed by atoms with van der Waals surface area (Å²) in [6.45, 7) is 0. The zero-order chi connectivity index (χ0) is 14.7. The van der Waals surface area contributed by atoms with Crippen molar-refractivity contribution in [2.24, 2.45) is 0 Å². The fourth-order valence-corrected chi connectivity index (χ4v) is 2.75. The summed E-state index contributed by atoms with van der Waals surface area (Å²) in [6, 6.07) is 21.7. The zero-order valence-electron chi connectivity index (χ0n) is 11.1. The van der Waals surface area contributed by atoms with Crippen LogP contribution in [0.25, 0.3) is 0 Å². The van der Waals surface area contributed by atoms with Crippen LogP contribution >= 0.6 is 23.2 Å². The van der Waals surface area contributed by atoms with Gasteiger partial charge in [-0.25, -0.2) is 9.97 Å². The zero-order valence-corrected chi connectivity index (χ0v) is 12.6. The number of rotatable bonds is 3. The fraction of sp³-hybridized carbons (Fsp3) is 0.0588. The highest BCUT2D eigenvalue weighted by Crippen LogP contribution is 2.30. The van der Waals surface area contributed by atoms with Gasteiger partial charge in [-0.2, -0.15) is 0 Å². The first kappa shape index (κ1) is 14.1. The predicted octanol–water partition coefficient (Wildman–Crippen LogP) is 4.96. The third kappa shape index (κ3) is 3.23. The van der Waals surface area contributed by atoms with E-state index in [-0.39, 0.29) is 5.92 Å². The molecule has 3 rings (SSSR count). The lowest BCUT2D eigenvalue weighted by Gasteiger charge is -2.17. The average Bonchev–Trinajstić information content (AvgIpc) is 2.49. The summed E-state index contributed by atoms with van der Waals surface area (Å²) in [7, 11) is 0. The minimum atomic E-state index is -0.0939. The second-order valence-electron chi connectivity index (χ2n) is 4.63. The van der Waals surface area contributed by atoms with E-state index in [1.165, 1.54) is 0 Å². The Balaban J connectivity index is 2.17. The monoisotopic (exact) mass is 314 g/mol. The normalized spacial score (nSPS) is 10.8. The molecule has 2 aromatic carbocycles. The van der Waals surface area contributed by atoms with E-state index in [0.717, 1.165) is 11.1 Å². The molecular formula is C17H12Cl2N2. The predicted molar refractivity (Wildman–Crippen MR) is 85.9 cm³/mol. The van der Waals surface area contributed by atoms with Crippen LogP contribution in [0.3, 0.4) is 0 Å². The second-order valence-corrected chi connectivity index (χ2v) is 5.40. The number of hydrogen-bond acceptors (Lipinski definition) is 2. The van der Waals surface area contributed by atoms with Gasteiger partial charge in [-0.1, -0.05) is 83.9 Å². The van der Waals surface area contributed by atoms with Crippen LogP contribution in [0.5, 0.6) is 0 Å². The van der Waals surface area contributed by atoms with Gasteiger partial charge in [-0.3, -0.25) is 0 Å². The van der Waals surface area contributed by atoms with Gasteiger partial charge in [0.05, 0.1) is 5.92 Å². The van der Waals surface area contributed by atoms with E-state index >= 15 is 0 Å². The van der Waals surface area contributed by atoms with Gasteiger partial charge in [-0.05, 0) is 11.1 Å².